The highest BCUT2D eigenvalue weighted by Crippen LogP contribution is 2.18. The van der Waals surface area contributed by atoms with Crippen molar-refractivity contribution in [2.45, 2.75) is 6.61 Å². The number of halogens is 2. The third-order valence-electron chi connectivity index (χ3n) is 2.75. The fourth-order valence-corrected chi connectivity index (χ4v) is 1.94. The Balaban J connectivity index is 2.59. The van der Waals surface area contributed by atoms with Crippen LogP contribution in [0, 0.1) is 0 Å². The van der Waals surface area contributed by atoms with Crippen molar-refractivity contribution in [3.8, 4) is 5.75 Å². The number of benzene rings is 1. The molecule has 0 saturated heterocycles. The van der Waals surface area contributed by atoms with Crippen molar-refractivity contribution in [2.75, 3.05) is 45.8 Å². The van der Waals surface area contributed by atoms with Crippen LogP contribution in [0.4, 0.5) is 14.5 Å². The number of alkyl halides is 2. The van der Waals surface area contributed by atoms with Crippen LogP contribution in [0.3, 0.4) is 0 Å². The Kier molecular flexibility index (Phi) is 8.64. The average Bonchev–Trinajstić information content (AvgIpc) is 2.49. The zero-order valence-electron chi connectivity index (χ0n) is 12.6. The summed E-state index contributed by atoms with van der Waals surface area (Å²) in [5, 5.41) is 3.55. The number of hydrogen-bond donors (Lipinski definition) is 1. The zero-order valence-corrected chi connectivity index (χ0v) is 13.4. The van der Waals surface area contributed by atoms with Gasteiger partial charge in [0.05, 0.1) is 13.2 Å². The highest BCUT2D eigenvalue weighted by molar-refractivity contribution is 7.80. The van der Waals surface area contributed by atoms with E-state index in [1.165, 1.54) is 12.1 Å². The lowest BCUT2D eigenvalue weighted by atomic mass is 10.3. The lowest BCUT2D eigenvalue weighted by molar-refractivity contribution is -0.0498. The molecule has 0 aliphatic carbocycles. The maximum absolute atomic E-state index is 12.1. The fraction of sp³-hybridized carbons (Fsp3) is 0.500. The molecule has 0 bridgehead atoms. The second kappa shape index (κ2) is 10.3. The van der Waals surface area contributed by atoms with Crippen LogP contribution in [0.5, 0.6) is 5.75 Å². The molecule has 0 fully saturated rings. The second-order valence-electron chi connectivity index (χ2n) is 4.31. The Morgan fingerprint density at radius 3 is 2.14 bits per heavy atom. The molecule has 22 heavy (non-hydrogen) atoms. The van der Waals surface area contributed by atoms with Gasteiger partial charge in [-0.3, -0.25) is 0 Å². The molecule has 1 aromatic rings. The predicted octanol–water partition coefficient (Wildman–Crippen LogP) is 2.58. The molecule has 8 heteroatoms. The number of thiocarbonyl (C=S) groups is 1. The van der Waals surface area contributed by atoms with Gasteiger partial charge in [0, 0.05) is 33.0 Å². The topological polar surface area (TPSA) is 43.0 Å². The van der Waals surface area contributed by atoms with Crippen LogP contribution in [0.1, 0.15) is 0 Å². The molecule has 0 spiro atoms. The minimum Gasteiger partial charge on any atom is -0.435 e. The van der Waals surface area contributed by atoms with Crippen LogP contribution < -0.4 is 10.1 Å². The van der Waals surface area contributed by atoms with E-state index in [2.05, 4.69) is 10.1 Å². The highest BCUT2D eigenvalue weighted by atomic mass is 32.1. The van der Waals surface area contributed by atoms with Crippen LogP contribution in [-0.2, 0) is 9.47 Å². The first kappa shape index (κ1) is 18.5. The van der Waals surface area contributed by atoms with E-state index in [0.29, 0.717) is 37.1 Å². The Morgan fingerprint density at radius 1 is 1.14 bits per heavy atom. The molecule has 1 N–H and O–H groups in total. The molecule has 0 aliphatic rings. The van der Waals surface area contributed by atoms with E-state index in [1.807, 2.05) is 4.90 Å². The summed E-state index contributed by atoms with van der Waals surface area (Å²) in [6.07, 6.45) is 0. The zero-order chi connectivity index (χ0) is 16.4. The summed E-state index contributed by atoms with van der Waals surface area (Å²) in [5.74, 6) is 0.0992. The molecule has 0 heterocycles. The molecule has 124 valence electrons. The number of hydrogen-bond acceptors (Lipinski definition) is 4. The smallest absolute Gasteiger partial charge is 0.387 e. The minimum atomic E-state index is -2.83. The monoisotopic (exact) mass is 334 g/mol. The van der Waals surface area contributed by atoms with Crippen molar-refractivity contribution in [3.63, 3.8) is 0 Å². The Morgan fingerprint density at radius 2 is 1.68 bits per heavy atom. The maximum atomic E-state index is 12.1. The molecular weight excluding hydrogens is 314 g/mol. The van der Waals surface area contributed by atoms with Crippen LogP contribution >= 0.6 is 12.2 Å². The minimum absolute atomic E-state index is 0.0992. The normalized spacial score (nSPS) is 10.6. The second-order valence-corrected chi connectivity index (χ2v) is 4.69. The number of anilines is 1. The molecule has 1 aromatic carbocycles. The molecule has 0 amide bonds. The first-order valence-corrected chi connectivity index (χ1v) is 7.06. The molecule has 0 radical (unpaired) electrons. The van der Waals surface area contributed by atoms with Gasteiger partial charge in [-0.1, -0.05) is 0 Å². The van der Waals surface area contributed by atoms with Gasteiger partial charge >= 0.3 is 6.61 Å². The summed E-state index contributed by atoms with van der Waals surface area (Å²) in [4.78, 5) is 1.91. The summed E-state index contributed by atoms with van der Waals surface area (Å²) in [6.45, 7) is -0.519. The lowest BCUT2D eigenvalue weighted by Crippen LogP contribution is -2.39. The Bertz CT molecular complexity index is 438. The van der Waals surface area contributed by atoms with Crippen LogP contribution in [0.15, 0.2) is 24.3 Å². The standard InChI is InChI=1S/C14H20F2N2O3S/c1-19-9-7-18(8-10-20-2)14(22)17-11-3-5-12(6-4-11)21-13(15)16/h3-6,13H,7-10H2,1-2H3,(H,17,22). The third-order valence-corrected chi connectivity index (χ3v) is 3.11. The summed E-state index contributed by atoms with van der Waals surface area (Å²) in [6, 6.07) is 6.14. The summed E-state index contributed by atoms with van der Waals surface area (Å²) < 4.78 is 38.6. The van der Waals surface area contributed by atoms with Crippen molar-refractivity contribution in [3.05, 3.63) is 24.3 Å². The molecule has 0 aromatic heterocycles. The summed E-state index contributed by atoms with van der Waals surface area (Å²) in [5.41, 5.74) is 0.687. The van der Waals surface area contributed by atoms with Gasteiger partial charge in [-0.05, 0) is 36.5 Å². The Labute approximate surface area is 134 Å². The quantitative estimate of drug-likeness (QED) is 0.700. The summed E-state index contributed by atoms with van der Waals surface area (Å²) in [7, 11) is 3.24. The number of ether oxygens (including phenoxy) is 3. The van der Waals surface area contributed by atoms with E-state index >= 15 is 0 Å². The first-order chi connectivity index (χ1) is 10.6. The van der Waals surface area contributed by atoms with Gasteiger partial charge in [-0.15, -0.1) is 0 Å². The van der Waals surface area contributed by atoms with Gasteiger partial charge in [-0.2, -0.15) is 8.78 Å². The van der Waals surface area contributed by atoms with E-state index < -0.39 is 6.61 Å². The summed E-state index contributed by atoms with van der Waals surface area (Å²) >= 11 is 5.34. The van der Waals surface area contributed by atoms with Crippen LogP contribution in [0.25, 0.3) is 0 Å². The van der Waals surface area contributed by atoms with Crippen LogP contribution in [-0.4, -0.2) is 57.1 Å². The SMILES string of the molecule is COCCN(CCOC)C(=S)Nc1ccc(OC(F)F)cc1. The van der Waals surface area contributed by atoms with Gasteiger partial charge in [0.25, 0.3) is 0 Å². The van der Waals surface area contributed by atoms with Crippen molar-refractivity contribution < 1.29 is 23.0 Å². The first-order valence-electron chi connectivity index (χ1n) is 6.65. The highest BCUT2D eigenvalue weighted by Gasteiger charge is 2.10. The molecule has 0 atom stereocenters. The number of nitrogens with zero attached hydrogens (tertiary/aromatic N) is 1. The molecule has 0 saturated carbocycles. The van der Waals surface area contributed by atoms with Crippen LogP contribution in [0.2, 0.25) is 0 Å². The van der Waals surface area contributed by atoms with Gasteiger partial charge in [0.1, 0.15) is 5.75 Å². The lowest BCUT2D eigenvalue weighted by Gasteiger charge is -2.25. The Hall–Kier alpha value is -1.51. The third kappa shape index (κ3) is 6.97. The number of rotatable bonds is 9. The van der Waals surface area contributed by atoms with Gasteiger partial charge in [0.2, 0.25) is 0 Å². The molecule has 0 unspecified atom stereocenters. The molecular formula is C14H20F2N2O3S. The van der Waals surface area contributed by atoms with Gasteiger partial charge < -0.3 is 24.4 Å². The van der Waals surface area contributed by atoms with Gasteiger partial charge in [0.15, 0.2) is 5.11 Å². The van der Waals surface area contributed by atoms with E-state index in [1.54, 1.807) is 26.4 Å². The van der Waals surface area contributed by atoms with Crippen molar-refractivity contribution in [1.82, 2.24) is 4.90 Å². The van der Waals surface area contributed by atoms with Crippen molar-refractivity contribution in [2.24, 2.45) is 0 Å². The van der Waals surface area contributed by atoms with Gasteiger partial charge in [-0.25, -0.2) is 0 Å². The predicted molar refractivity (Wildman–Crippen MR) is 84.6 cm³/mol. The largest absolute Gasteiger partial charge is 0.435 e. The average molecular weight is 334 g/mol. The van der Waals surface area contributed by atoms with Crippen molar-refractivity contribution >= 4 is 23.0 Å². The fourth-order valence-electron chi connectivity index (χ4n) is 1.64. The maximum Gasteiger partial charge on any atom is 0.387 e. The van der Waals surface area contributed by atoms with E-state index in [9.17, 15) is 8.78 Å². The van der Waals surface area contributed by atoms with E-state index in [-0.39, 0.29) is 5.75 Å². The molecule has 0 aliphatic heterocycles. The number of methoxy groups -OCH3 is 2. The molecule has 5 nitrogen and oxygen atoms in total. The number of nitrogens with one attached hydrogen (secondary N) is 1. The van der Waals surface area contributed by atoms with Crippen molar-refractivity contribution in [1.29, 1.82) is 0 Å². The molecule has 1 rings (SSSR count). The van der Waals surface area contributed by atoms with E-state index in [4.69, 9.17) is 21.7 Å². The van der Waals surface area contributed by atoms with E-state index in [0.717, 1.165) is 0 Å².